The number of para-hydroxylation sites is 3. The van der Waals surface area contributed by atoms with Crippen LogP contribution in [0.1, 0.15) is 18.1 Å². The predicted molar refractivity (Wildman–Crippen MR) is 143 cm³/mol. The summed E-state index contributed by atoms with van der Waals surface area (Å²) in [6.07, 6.45) is 0. The van der Waals surface area contributed by atoms with Crippen LogP contribution in [-0.2, 0) is 4.79 Å². The van der Waals surface area contributed by atoms with Crippen molar-refractivity contribution in [1.29, 1.82) is 0 Å². The van der Waals surface area contributed by atoms with Crippen molar-refractivity contribution in [3.05, 3.63) is 88.2 Å². The van der Waals surface area contributed by atoms with E-state index in [0.29, 0.717) is 39.9 Å². The number of aromatic nitrogens is 4. The van der Waals surface area contributed by atoms with Crippen molar-refractivity contribution in [2.24, 2.45) is 0 Å². The molecule has 0 fully saturated rings. The van der Waals surface area contributed by atoms with Crippen LogP contribution in [0, 0.1) is 13.8 Å². The van der Waals surface area contributed by atoms with Crippen molar-refractivity contribution < 1.29 is 9.53 Å². The second kappa shape index (κ2) is 9.87. The van der Waals surface area contributed by atoms with Crippen molar-refractivity contribution in [2.75, 3.05) is 17.7 Å². The molecule has 0 aliphatic rings. The van der Waals surface area contributed by atoms with Gasteiger partial charge in [0.1, 0.15) is 5.75 Å². The van der Waals surface area contributed by atoms with Gasteiger partial charge < -0.3 is 10.1 Å². The Morgan fingerprint density at radius 1 is 1.03 bits per heavy atom. The molecule has 0 spiro atoms. The molecule has 0 saturated heterocycles. The molecule has 8 nitrogen and oxygen atoms in total. The van der Waals surface area contributed by atoms with Gasteiger partial charge in [-0.15, -0.1) is 10.2 Å². The van der Waals surface area contributed by atoms with Gasteiger partial charge in [-0.2, -0.15) is 0 Å². The lowest BCUT2D eigenvalue weighted by atomic mass is 10.1. The molecule has 5 rings (SSSR count). The number of rotatable bonds is 7. The van der Waals surface area contributed by atoms with Gasteiger partial charge in [0.05, 0.1) is 34.6 Å². The standard InChI is InChI=1S/C27H25N5O3S/c1-4-35-23-12-8-6-10-20(23)28-24(33)16-36-27-30-29-26-31(22-15-17(2)13-14-18(22)3)25(34)19-9-5-7-11-21(19)32(26)27/h5-15H,4,16H2,1-3H3,(H,28,33). The highest BCUT2D eigenvalue weighted by Crippen LogP contribution is 2.26. The number of ether oxygens (including phenoxy) is 1. The zero-order chi connectivity index (χ0) is 25.2. The molecule has 0 aliphatic heterocycles. The Morgan fingerprint density at radius 3 is 2.64 bits per heavy atom. The van der Waals surface area contributed by atoms with E-state index in [9.17, 15) is 9.59 Å². The monoisotopic (exact) mass is 499 g/mol. The van der Waals surface area contributed by atoms with Crippen molar-refractivity contribution in [3.63, 3.8) is 0 Å². The fourth-order valence-electron chi connectivity index (χ4n) is 4.12. The molecule has 2 aromatic heterocycles. The van der Waals surface area contributed by atoms with E-state index in [2.05, 4.69) is 15.5 Å². The van der Waals surface area contributed by atoms with Crippen molar-refractivity contribution >= 4 is 40.0 Å². The highest BCUT2D eigenvalue weighted by Gasteiger charge is 2.20. The number of hydrogen-bond acceptors (Lipinski definition) is 6. The zero-order valence-electron chi connectivity index (χ0n) is 20.2. The van der Waals surface area contributed by atoms with E-state index < -0.39 is 0 Å². The molecule has 9 heteroatoms. The molecule has 1 N–H and O–H groups in total. The lowest BCUT2D eigenvalue weighted by Crippen LogP contribution is -2.22. The van der Waals surface area contributed by atoms with Crippen LogP contribution in [0.3, 0.4) is 0 Å². The first-order valence-electron chi connectivity index (χ1n) is 11.6. The number of benzene rings is 3. The maximum absolute atomic E-state index is 13.6. The van der Waals surface area contributed by atoms with Gasteiger partial charge in [-0.25, -0.2) is 4.57 Å². The van der Waals surface area contributed by atoms with Crippen molar-refractivity contribution in [2.45, 2.75) is 25.9 Å². The van der Waals surface area contributed by atoms with Crippen molar-refractivity contribution in [1.82, 2.24) is 19.2 Å². The fourth-order valence-corrected chi connectivity index (χ4v) is 4.86. The van der Waals surface area contributed by atoms with E-state index in [1.165, 1.54) is 11.8 Å². The van der Waals surface area contributed by atoms with E-state index in [0.717, 1.165) is 16.8 Å². The number of carbonyl (C=O) groups is 1. The number of nitrogens with zero attached hydrogens (tertiary/aromatic N) is 4. The molecule has 0 bridgehead atoms. The molecule has 0 unspecified atom stereocenters. The van der Waals surface area contributed by atoms with Crippen LogP contribution < -0.4 is 15.6 Å². The number of anilines is 1. The smallest absolute Gasteiger partial charge is 0.267 e. The summed E-state index contributed by atoms with van der Waals surface area (Å²) in [4.78, 5) is 26.4. The van der Waals surface area contributed by atoms with Crippen LogP contribution in [0.5, 0.6) is 5.75 Å². The number of nitrogens with one attached hydrogen (secondary N) is 1. The molecule has 0 radical (unpaired) electrons. The molecular weight excluding hydrogens is 474 g/mol. The minimum atomic E-state index is -0.198. The van der Waals surface area contributed by atoms with Gasteiger partial charge >= 0.3 is 0 Å². The van der Waals surface area contributed by atoms with Crippen LogP contribution in [0.4, 0.5) is 5.69 Å². The third-order valence-electron chi connectivity index (χ3n) is 5.79. The van der Waals surface area contributed by atoms with E-state index in [4.69, 9.17) is 4.74 Å². The summed E-state index contributed by atoms with van der Waals surface area (Å²) in [6.45, 7) is 6.35. The average molecular weight is 500 g/mol. The largest absolute Gasteiger partial charge is 0.492 e. The van der Waals surface area contributed by atoms with Crippen LogP contribution in [0.15, 0.2) is 76.7 Å². The second-order valence-electron chi connectivity index (χ2n) is 8.33. The molecule has 36 heavy (non-hydrogen) atoms. The van der Waals surface area contributed by atoms with Gasteiger partial charge in [-0.05, 0) is 62.2 Å². The number of aryl methyl sites for hydroxylation is 2. The maximum Gasteiger partial charge on any atom is 0.267 e. The zero-order valence-corrected chi connectivity index (χ0v) is 21.0. The number of fused-ring (bicyclic) bond motifs is 3. The van der Waals surface area contributed by atoms with Crippen LogP contribution >= 0.6 is 11.8 Å². The van der Waals surface area contributed by atoms with Crippen molar-refractivity contribution in [3.8, 4) is 11.4 Å². The maximum atomic E-state index is 13.6. The van der Waals surface area contributed by atoms with Gasteiger partial charge in [-0.3, -0.25) is 14.0 Å². The first-order valence-corrected chi connectivity index (χ1v) is 12.6. The van der Waals surface area contributed by atoms with Gasteiger partial charge in [0.15, 0.2) is 5.16 Å². The Balaban J connectivity index is 1.54. The lowest BCUT2D eigenvalue weighted by molar-refractivity contribution is -0.113. The van der Waals surface area contributed by atoms with E-state index in [1.807, 2.05) is 79.8 Å². The number of hydrogen-bond donors (Lipinski definition) is 1. The third-order valence-corrected chi connectivity index (χ3v) is 6.72. The summed E-state index contributed by atoms with van der Waals surface area (Å²) in [7, 11) is 0. The predicted octanol–water partition coefficient (Wildman–Crippen LogP) is 4.78. The number of thioether (sulfide) groups is 1. The fraction of sp³-hybridized carbons (Fsp3) is 0.185. The van der Waals surface area contributed by atoms with E-state index >= 15 is 0 Å². The van der Waals surface area contributed by atoms with Gasteiger partial charge in [0.25, 0.3) is 5.56 Å². The Kier molecular flexibility index (Phi) is 6.47. The minimum Gasteiger partial charge on any atom is -0.492 e. The van der Waals surface area contributed by atoms with Crippen LogP contribution in [0.25, 0.3) is 22.4 Å². The molecule has 0 saturated carbocycles. The molecule has 0 atom stereocenters. The highest BCUT2D eigenvalue weighted by molar-refractivity contribution is 7.99. The van der Waals surface area contributed by atoms with Crippen LogP contribution in [0.2, 0.25) is 0 Å². The summed E-state index contributed by atoms with van der Waals surface area (Å²) in [6, 6.07) is 20.7. The Morgan fingerprint density at radius 2 is 1.81 bits per heavy atom. The summed E-state index contributed by atoms with van der Waals surface area (Å²) < 4.78 is 9.03. The lowest BCUT2D eigenvalue weighted by Gasteiger charge is -2.14. The average Bonchev–Trinajstić information content (AvgIpc) is 3.30. The topological polar surface area (TPSA) is 90.5 Å². The van der Waals surface area contributed by atoms with E-state index in [1.54, 1.807) is 16.7 Å². The van der Waals surface area contributed by atoms with Gasteiger partial charge in [0.2, 0.25) is 11.7 Å². The first-order chi connectivity index (χ1) is 17.5. The summed E-state index contributed by atoms with van der Waals surface area (Å²) >= 11 is 1.26. The number of amides is 1. The molecule has 0 aliphatic carbocycles. The van der Waals surface area contributed by atoms with E-state index in [-0.39, 0.29) is 17.2 Å². The minimum absolute atomic E-state index is 0.109. The molecule has 1 amide bonds. The SMILES string of the molecule is CCOc1ccccc1NC(=O)CSc1nnc2n(-c3cc(C)ccc3C)c(=O)c3ccccc3n12. The molecule has 5 aromatic rings. The van der Waals surface area contributed by atoms with Crippen LogP contribution in [-0.4, -0.2) is 37.4 Å². The Hall–Kier alpha value is -4.11. The molecule has 182 valence electrons. The summed E-state index contributed by atoms with van der Waals surface area (Å²) in [5.74, 6) is 0.931. The Labute approximate surface area is 211 Å². The number of carbonyl (C=O) groups excluding carboxylic acids is 1. The Bertz CT molecular complexity index is 1660. The first kappa shape index (κ1) is 23.6. The summed E-state index contributed by atoms with van der Waals surface area (Å²) in [5.41, 5.74) is 3.88. The highest BCUT2D eigenvalue weighted by atomic mass is 32.2. The second-order valence-corrected chi connectivity index (χ2v) is 9.27. The van der Waals surface area contributed by atoms with Gasteiger partial charge in [-0.1, -0.05) is 48.2 Å². The molecule has 3 aromatic carbocycles. The normalized spacial score (nSPS) is 11.2. The molecule has 2 heterocycles. The quantitative estimate of drug-likeness (QED) is 0.324. The van der Waals surface area contributed by atoms with Gasteiger partial charge in [0, 0.05) is 0 Å². The third kappa shape index (κ3) is 4.33. The molecular formula is C27H25N5O3S. The summed E-state index contributed by atoms with van der Waals surface area (Å²) in [5, 5.41) is 12.7.